The first-order valence-electron chi connectivity index (χ1n) is 11.4. The maximum absolute atomic E-state index is 10.9. The summed E-state index contributed by atoms with van der Waals surface area (Å²) in [5.41, 5.74) is 7.35. The Hall–Kier alpha value is -4.14. The molecule has 0 bridgehead atoms. The van der Waals surface area contributed by atoms with E-state index in [0.717, 1.165) is 64.4 Å². The number of carboxylic acid groups (broad SMARTS) is 1. The third kappa shape index (κ3) is 4.62. The third-order valence-corrected chi connectivity index (χ3v) is 6.68. The molecule has 4 aromatic rings. The molecule has 1 saturated carbocycles. The Kier molecular flexibility index (Phi) is 6.22. The van der Waals surface area contributed by atoms with Gasteiger partial charge in [0, 0.05) is 29.7 Å². The minimum Gasteiger partial charge on any atom is -0.478 e. The molecule has 0 aliphatic heterocycles. The lowest BCUT2D eigenvalue weighted by Gasteiger charge is -2.32. The Morgan fingerprint density at radius 2 is 1.89 bits per heavy atom. The molecule has 35 heavy (non-hydrogen) atoms. The number of imidazole rings is 1. The summed E-state index contributed by atoms with van der Waals surface area (Å²) in [6.45, 7) is 7.81. The monoisotopic (exact) mass is 479 g/mol. The molecule has 1 fully saturated rings. The van der Waals surface area contributed by atoms with Crippen molar-refractivity contribution < 1.29 is 9.90 Å². The number of hydrogen-bond donors (Lipinski definition) is 1. The van der Waals surface area contributed by atoms with E-state index in [0.29, 0.717) is 16.6 Å². The molecule has 1 N–H and O–H groups in total. The van der Waals surface area contributed by atoms with Gasteiger partial charge in [0.25, 0.3) is 0 Å². The maximum Gasteiger partial charge on any atom is 0.328 e. The lowest BCUT2D eigenvalue weighted by atomic mass is 9.73. The van der Waals surface area contributed by atoms with Crippen molar-refractivity contribution >= 4 is 46.1 Å². The highest BCUT2D eigenvalue weighted by molar-refractivity contribution is 6.31. The second-order valence-electron chi connectivity index (χ2n) is 8.59. The normalized spacial score (nSPS) is 14.5. The number of hydrogen-bond acceptors (Lipinski definition) is 2. The molecule has 5 nitrogen and oxygen atoms in total. The zero-order valence-corrected chi connectivity index (χ0v) is 19.6. The molecule has 1 aliphatic rings. The van der Waals surface area contributed by atoms with E-state index < -0.39 is 5.97 Å². The van der Waals surface area contributed by atoms with Gasteiger partial charge in [-0.15, -0.1) is 0 Å². The Labute approximate surface area is 208 Å². The van der Waals surface area contributed by atoms with E-state index in [1.807, 2.05) is 53.1 Å². The Balaban J connectivity index is 1.77. The Morgan fingerprint density at radius 3 is 2.57 bits per heavy atom. The van der Waals surface area contributed by atoms with Gasteiger partial charge >= 0.3 is 5.97 Å². The third-order valence-electron chi connectivity index (χ3n) is 6.45. The number of allylic oxidation sites excluding steroid dienone is 1. The summed E-state index contributed by atoms with van der Waals surface area (Å²) in [6.07, 6.45) is 11.8. The molecule has 5 rings (SSSR count). The predicted octanol–water partition coefficient (Wildman–Crippen LogP) is 7.40. The largest absolute Gasteiger partial charge is 0.478 e. The summed E-state index contributed by atoms with van der Waals surface area (Å²) >= 11 is 6.25. The SMILES string of the molecule is [C-]#[N+]c1cc(Cl)ccc1/C(=C(\c1ccc(/C=C/C(=O)O)cc1)c1ccc2nccn2c1)C1CCC1. The number of pyridine rings is 1. The molecule has 172 valence electrons. The highest BCUT2D eigenvalue weighted by Crippen LogP contribution is 2.47. The van der Waals surface area contributed by atoms with E-state index >= 15 is 0 Å². The molecule has 0 saturated heterocycles. The summed E-state index contributed by atoms with van der Waals surface area (Å²) in [7, 11) is 0. The summed E-state index contributed by atoms with van der Waals surface area (Å²) in [5, 5.41) is 9.51. The first-order chi connectivity index (χ1) is 17.0. The maximum atomic E-state index is 10.9. The molecule has 1 aliphatic carbocycles. The number of benzene rings is 2. The van der Waals surface area contributed by atoms with Crippen LogP contribution >= 0.6 is 11.6 Å². The number of halogens is 1. The van der Waals surface area contributed by atoms with Crippen LogP contribution in [0.3, 0.4) is 0 Å². The minimum atomic E-state index is -0.982. The summed E-state index contributed by atoms with van der Waals surface area (Å²) < 4.78 is 2.00. The van der Waals surface area contributed by atoms with E-state index in [2.05, 4.69) is 22.1 Å². The van der Waals surface area contributed by atoms with Gasteiger partial charge in [-0.3, -0.25) is 0 Å². The fourth-order valence-corrected chi connectivity index (χ4v) is 4.72. The van der Waals surface area contributed by atoms with Crippen LogP contribution in [0.5, 0.6) is 0 Å². The van der Waals surface area contributed by atoms with Gasteiger partial charge in [0.05, 0.1) is 6.57 Å². The molecule has 2 aromatic heterocycles. The van der Waals surface area contributed by atoms with E-state index in [1.165, 1.54) is 0 Å². The zero-order valence-electron chi connectivity index (χ0n) is 18.9. The van der Waals surface area contributed by atoms with E-state index in [-0.39, 0.29) is 0 Å². The quantitative estimate of drug-likeness (QED) is 0.178. The lowest BCUT2D eigenvalue weighted by molar-refractivity contribution is -0.131. The van der Waals surface area contributed by atoms with Crippen molar-refractivity contribution in [2.45, 2.75) is 19.3 Å². The first kappa shape index (κ1) is 22.6. The molecule has 2 aromatic carbocycles. The van der Waals surface area contributed by atoms with E-state index in [9.17, 15) is 4.79 Å². The van der Waals surface area contributed by atoms with Crippen LogP contribution in [0, 0.1) is 12.5 Å². The van der Waals surface area contributed by atoms with Crippen LogP contribution in [-0.4, -0.2) is 20.5 Å². The van der Waals surface area contributed by atoms with Crippen molar-refractivity contribution in [1.82, 2.24) is 9.38 Å². The first-order valence-corrected chi connectivity index (χ1v) is 11.8. The number of rotatable bonds is 6. The second kappa shape index (κ2) is 9.61. The van der Waals surface area contributed by atoms with Crippen LogP contribution in [0.15, 0.2) is 79.3 Å². The molecule has 0 spiro atoms. The smallest absolute Gasteiger partial charge is 0.328 e. The summed E-state index contributed by atoms with van der Waals surface area (Å²) in [6, 6.07) is 17.5. The average Bonchev–Trinajstić information content (AvgIpc) is 3.30. The standard InChI is InChI=1S/C29H22ClN3O2/c1-31-25-17-23(30)11-12-24(25)29(20-3-2-4-20)28(22-10-13-26-32-15-16-33(26)18-22)21-8-5-19(6-9-21)7-14-27(34)35/h5-18,20H,2-4H2,(H,34,35)/b14-7+,29-28+. The van der Waals surface area contributed by atoms with Crippen molar-refractivity contribution in [2.75, 3.05) is 0 Å². The minimum absolute atomic E-state index is 0.330. The van der Waals surface area contributed by atoms with Crippen molar-refractivity contribution in [1.29, 1.82) is 0 Å². The zero-order chi connectivity index (χ0) is 24.4. The van der Waals surface area contributed by atoms with Crippen LogP contribution in [0.1, 0.15) is 41.5 Å². The van der Waals surface area contributed by atoms with Crippen molar-refractivity contribution in [3.63, 3.8) is 0 Å². The molecular formula is C29H22ClN3O2. The highest BCUT2D eigenvalue weighted by atomic mass is 35.5. The van der Waals surface area contributed by atoms with E-state index in [1.54, 1.807) is 18.3 Å². The Bertz CT molecular complexity index is 1520. The van der Waals surface area contributed by atoms with Crippen molar-refractivity contribution in [3.05, 3.63) is 118 Å². The van der Waals surface area contributed by atoms with Crippen LogP contribution < -0.4 is 0 Å². The number of aliphatic carboxylic acids is 1. The Morgan fingerprint density at radius 1 is 1.11 bits per heavy atom. The van der Waals surface area contributed by atoms with Crippen molar-refractivity contribution in [3.8, 4) is 0 Å². The van der Waals surface area contributed by atoms with Crippen LogP contribution in [-0.2, 0) is 4.79 Å². The highest BCUT2D eigenvalue weighted by Gasteiger charge is 2.28. The van der Waals surface area contributed by atoms with Gasteiger partial charge in [-0.05, 0) is 82.5 Å². The molecule has 0 atom stereocenters. The van der Waals surface area contributed by atoms with Gasteiger partial charge in [0.1, 0.15) is 5.65 Å². The number of aromatic nitrogens is 2. The number of nitrogens with zero attached hydrogens (tertiary/aromatic N) is 3. The molecular weight excluding hydrogens is 458 g/mol. The van der Waals surface area contributed by atoms with Gasteiger partial charge in [-0.25, -0.2) is 14.6 Å². The second-order valence-corrected chi connectivity index (χ2v) is 9.03. The van der Waals surface area contributed by atoms with Gasteiger partial charge in [0.15, 0.2) is 5.69 Å². The number of carbonyl (C=O) groups is 1. The van der Waals surface area contributed by atoms with Gasteiger partial charge in [0.2, 0.25) is 0 Å². The number of fused-ring (bicyclic) bond motifs is 1. The summed E-state index contributed by atoms with van der Waals surface area (Å²) in [5.74, 6) is -0.651. The molecule has 2 heterocycles. The van der Waals surface area contributed by atoms with Gasteiger partial charge in [-0.2, -0.15) is 0 Å². The molecule has 0 amide bonds. The predicted molar refractivity (Wildman–Crippen MR) is 139 cm³/mol. The lowest BCUT2D eigenvalue weighted by Crippen LogP contribution is -2.15. The fraction of sp³-hybridized carbons (Fsp3) is 0.138. The van der Waals surface area contributed by atoms with Gasteiger partial charge in [-0.1, -0.05) is 48.4 Å². The summed E-state index contributed by atoms with van der Waals surface area (Å²) in [4.78, 5) is 19.1. The number of carboxylic acids is 1. The fourth-order valence-electron chi connectivity index (χ4n) is 4.55. The molecule has 0 radical (unpaired) electrons. The average molecular weight is 480 g/mol. The molecule has 0 unspecified atom stereocenters. The van der Waals surface area contributed by atoms with E-state index in [4.69, 9.17) is 23.3 Å². The van der Waals surface area contributed by atoms with Crippen molar-refractivity contribution in [2.24, 2.45) is 5.92 Å². The van der Waals surface area contributed by atoms with Crippen LogP contribution in [0.25, 0.3) is 27.7 Å². The van der Waals surface area contributed by atoms with Crippen LogP contribution in [0.2, 0.25) is 5.02 Å². The van der Waals surface area contributed by atoms with Crippen LogP contribution in [0.4, 0.5) is 5.69 Å². The topological polar surface area (TPSA) is 59.0 Å². The molecule has 6 heteroatoms. The van der Waals surface area contributed by atoms with Gasteiger partial charge < -0.3 is 9.51 Å².